The van der Waals surface area contributed by atoms with Crippen molar-refractivity contribution < 1.29 is 19.1 Å². The summed E-state index contributed by atoms with van der Waals surface area (Å²) in [4.78, 5) is 39.4. The predicted molar refractivity (Wildman–Crippen MR) is 106 cm³/mol. The molecule has 7 nitrogen and oxygen atoms in total. The summed E-state index contributed by atoms with van der Waals surface area (Å²) in [5.41, 5.74) is 4.38. The van der Waals surface area contributed by atoms with Gasteiger partial charge >= 0.3 is 12.0 Å². The summed E-state index contributed by atoms with van der Waals surface area (Å²) in [5.74, 6) is -1.34. The molecule has 7 heteroatoms. The van der Waals surface area contributed by atoms with Gasteiger partial charge in [0.1, 0.15) is 0 Å². The molecule has 3 N–H and O–H groups in total. The van der Waals surface area contributed by atoms with Crippen LogP contribution in [0.5, 0.6) is 0 Å². The van der Waals surface area contributed by atoms with E-state index in [1.54, 1.807) is 19.1 Å². The SMILES string of the molecule is Cc1cccc(NC(=O)NC(=O)COC(=O)c2c(C)[nH]c3ccccc23)c1C. The average Bonchev–Trinajstić information content (AvgIpc) is 2.99. The van der Waals surface area contributed by atoms with Crippen LogP contribution >= 0.6 is 0 Å². The monoisotopic (exact) mass is 379 g/mol. The summed E-state index contributed by atoms with van der Waals surface area (Å²) in [6.45, 7) is 5.00. The van der Waals surface area contributed by atoms with E-state index in [-0.39, 0.29) is 0 Å². The van der Waals surface area contributed by atoms with Gasteiger partial charge in [0.05, 0.1) is 5.56 Å². The number of nitrogens with one attached hydrogen (secondary N) is 3. The van der Waals surface area contributed by atoms with Crippen molar-refractivity contribution in [2.75, 3.05) is 11.9 Å². The zero-order chi connectivity index (χ0) is 20.3. The molecule has 2 aromatic carbocycles. The van der Waals surface area contributed by atoms with Crippen LogP contribution in [0.4, 0.5) is 10.5 Å². The minimum absolute atomic E-state index is 0.378. The highest BCUT2D eigenvalue weighted by Crippen LogP contribution is 2.22. The molecule has 0 aliphatic heterocycles. The molecule has 0 radical (unpaired) electrons. The minimum atomic E-state index is -0.714. The second kappa shape index (κ2) is 7.96. The number of aryl methyl sites for hydroxylation is 2. The molecule has 0 atom stereocenters. The normalized spacial score (nSPS) is 10.5. The van der Waals surface area contributed by atoms with Crippen LogP contribution in [0.1, 0.15) is 27.2 Å². The molecular weight excluding hydrogens is 358 g/mol. The van der Waals surface area contributed by atoms with Crippen LogP contribution < -0.4 is 10.6 Å². The summed E-state index contributed by atoms with van der Waals surface area (Å²) >= 11 is 0. The number of fused-ring (bicyclic) bond motifs is 1. The number of hydrogen-bond donors (Lipinski definition) is 3. The van der Waals surface area contributed by atoms with Crippen LogP contribution in [-0.2, 0) is 9.53 Å². The number of para-hydroxylation sites is 1. The molecule has 0 aliphatic carbocycles. The van der Waals surface area contributed by atoms with Gasteiger partial charge in [-0.25, -0.2) is 9.59 Å². The largest absolute Gasteiger partial charge is 0.452 e. The maximum atomic E-state index is 12.4. The maximum absolute atomic E-state index is 12.4. The van der Waals surface area contributed by atoms with Crippen LogP contribution in [0.25, 0.3) is 10.9 Å². The molecule has 0 bridgehead atoms. The molecule has 3 rings (SSSR count). The fourth-order valence-electron chi connectivity index (χ4n) is 2.95. The number of H-pyrrole nitrogens is 1. The number of amides is 3. The lowest BCUT2D eigenvalue weighted by molar-refractivity contribution is -0.123. The number of esters is 1. The minimum Gasteiger partial charge on any atom is -0.452 e. The van der Waals surface area contributed by atoms with E-state index < -0.39 is 24.5 Å². The van der Waals surface area contributed by atoms with Crippen molar-refractivity contribution in [1.29, 1.82) is 0 Å². The molecule has 28 heavy (non-hydrogen) atoms. The number of ether oxygens (including phenoxy) is 1. The number of aromatic amines is 1. The molecule has 0 aliphatic rings. The van der Waals surface area contributed by atoms with Crippen LogP contribution in [-0.4, -0.2) is 29.5 Å². The fraction of sp³-hybridized carbons (Fsp3) is 0.190. The molecule has 144 valence electrons. The Kier molecular flexibility index (Phi) is 5.44. The number of rotatable bonds is 4. The third kappa shape index (κ3) is 4.03. The van der Waals surface area contributed by atoms with Crippen LogP contribution in [0.2, 0.25) is 0 Å². The Morgan fingerprint density at radius 1 is 1.00 bits per heavy atom. The Labute approximate surface area is 162 Å². The molecule has 3 amide bonds. The van der Waals surface area contributed by atoms with Gasteiger partial charge in [-0.15, -0.1) is 0 Å². The van der Waals surface area contributed by atoms with Crippen molar-refractivity contribution in [2.45, 2.75) is 20.8 Å². The Balaban J connectivity index is 1.58. The van der Waals surface area contributed by atoms with Gasteiger partial charge in [0.2, 0.25) is 0 Å². The third-order valence-electron chi connectivity index (χ3n) is 4.54. The number of aromatic nitrogens is 1. The number of hydrogen-bond acceptors (Lipinski definition) is 4. The summed E-state index contributed by atoms with van der Waals surface area (Å²) in [7, 11) is 0. The fourth-order valence-corrected chi connectivity index (χ4v) is 2.95. The average molecular weight is 379 g/mol. The van der Waals surface area contributed by atoms with E-state index in [9.17, 15) is 14.4 Å². The highest BCUT2D eigenvalue weighted by molar-refractivity contribution is 6.07. The van der Waals surface area contributed by atoms with E-state index in [2.05, 4.69) is 15.6 Å². The molecule has 1 heterocycles. The highest BCUT2D eigenvalue weighted by atomic mass is 16.5. The Hall–Kier alpha value is -3.61. The first-order valence-corrected chi connectivity index (χ1v) is 8.78. The number of carbonyl (C=O) groups excluding carboxylic acids is 3. The van der Waals surface area contributed by atoms with Gasteiger partial charge in [0.25, 0.3) is 5.91 Å². The van der Waals surface area contributed by atoms with Gasteiger partial charge in [0, 0.05) is 22.3 Å². The molecular formula is C21H21N3O4. The first-order chi connectivity index (χ1) is 13.4. The van der Waals surface area contributed by atoms with Crippen LogP contribution in [0.3, 0.4) is 0 Å². The molecule has 1 aromatic heterocycles. The van der Waals surface area contributed by atoms with E-state index >= 15 is 0 Å². The van der Waals surface area contributed by atoms with Crippen LogP contribution in [0.15, 0.2) is 42.5 Å². The van der Waals surface area contributed by atoms with Gasteiger partial charge in [-0.3, -0.25) is 10.1 Å². The Morgan fingerprint density at radius 3 is 2.54 bits per heavy atom. The number of imide groups is 1. The summed E-state index contributed by atoms with van der Waals surface area (Å²) in [6, 6.07) is 12.1. The number of carbonyl (C=O) groups is 3. The molecule has 0 unspecified atom stereocenters. The van der Waals surface area contributed by atoms with E-state index in [4.69, 9.17) is 4.74 Å². The van der Waals surface area contributed by atoms with Gasteiger partial charge in [-0.2, -0.15) is 0 Å². The van der Waals surface area contributed by atoms with Crippen molar-refractivity contribution in [1.82, 2.24) is 10.3 Å². The molecule has 0 saturated carbocycles. The zero-order valence-electron chi connectivity index (χ0n) is 15.9. The smallest absolute Gasteiger partial charge is 0.341 e. The van der Waals surface area contributed by atoms with E-state index in [1.807, 2.05) is 44.2 Å². The lowest BCUT2D eigenvalue weighted by Gasteiger charge is -2.11. The summed E-state index contributed by atoms with van der Waals surface area (Å²) in [5, 5.41) is 5.49. The van der Waals surface area contributed by atoms with Crippen LogP contribution in [0, 0.1) is 20.8 Å². The third-order valence-corrected chi connectivity index (χ3v) is 4.54. The highest BCUT2D eigenvalue weighted by Gasteiger charge is 2.19. The first kappa shape index (κ1) is 19.2. The number of urea groups is 1. The zero-order valence-corrected chi connectivity index (χ0v) is 15.9. The standard InChI is InChI=1S/C21H21N3O4/c1-12-7-6-10-16(13(12)2)23-21(27)24-18(25)11-28-20(26)19-14(3)22-17-9-5-4-8-15(17)19/h4-10,22H,11H2,1-3H3,(H2,23,24,25,27). The number of benzene rings is 2. The number of anilines is 1. The summed E-state index contributed by atoms with van der Waals surface area (Å²) in [6.07, 6.45) is 0. The Bertz CT molecular complexity index is 1070. The van der Waals surface area contributed by atoms with Gasteiger partial charge in [-0.1, -0.05) is 30.3 Å². The van der Waals surface area contributed by atoms with Gasteiger partial charge in [-0.05, 0) is 44.0 Å². The summed E-state index contributed by atoms with van der Waals surface area (Å²) < 4.78 is 5.08. The molecule has 0 fully saturated rings. The van der Waals surface area contributed by atoms with Crippen molar-refractivity contribution in [3.8, 4) is 0 Å². The van der Waals surface area contributed by atoms with E-state index in [0.717, 1.165) is 22.0 Å². The maximum Gasteiger partial charge on any atom is 0.341 e. The van der Waals surface area contributed by atoms with E-state index in [0.29, 0.717) is 16.9 Å². The van der Waals surface area contributed by atoms with Crippen molar-refractivity contribution in [3.05, 3.63) is 64.8 Å². The lowest BCUT2D eigenvalue weighted by atomic mass is 10.1. The van der Waals surface area contributed by atoms with E-state index in [1.165, 1.54) is 0 Å². The topological polar surface area (TPSA) is 100 Å². The quantitative estimate of drug-likeness (QED) is 0.603. The Morgan fingerprint density at radius 2 is 1.75 bits per heavy atom. The predicted octanol–water partition coefficient (Wildman–Crippen LogP) is 3.60. The van der Waals surface area contributed by atoms with Gasteiger partial charge < -0.3 is 15.0 Å². The first-order valence-electron chi connectivity index (χ1n) is 8.78. The molecule has 0 spiro atoms. The second-order valence-electron chi connectivity index (χ2n) is 6.50. The van der Waals surface area contributed by atoms with Crippen molar-refractivity contribution in [3.63, 3.8) is 0 Å². The second-order valence-corrected chi connectivity index (χ2v) is 6.50. The van der Waals surface area contributed by atoms with Crippen molar-refractivity contribution in [2.24, 2.45) is 0 Å². The molecule has 0 saturated heterocycles. The van der Waals surface area contributed by atoms with Gasteiger partial charge in [0.15, 0.2) is 6.61 Å². The lowest BCUT2D eigenvalue weighted by Crippen LogP contribution is -2.37. The molecule has 3 aromatic rings. The van der Waals surface area contributed by atoms with Crippen molar-refractivity contribution >= 4 is 34.5 Å².